The topological polar surface area (TPSA) is 102 Å². The summed E-state index contributed by atoms with van der Waals surface area (Å²) in [5, 5.41) is 12.7. The summed E-state index contributed by atoms with van der Waals surface area (Å²) in [6, 6.07) is 6.04. The Morgan fingerprint density at radius 1 is 1.33 bits per heavy atom. The Morgan fingerprint density at radius 2 is 2.04 bits per heavy atom. The number of hydrogen-bond acceptors (Lipinski definition) is 6. The van der Waals surface area contributed by atoms with Crippen molar-refractivity contribution < 1.29 is 22.5 Å². The molecule has 0 unspecified atom stereocenters. The number of carbonyl (C=O) groups is 1. The number of alkyl halides is 3. The SMILES string of the molecule is Cn1c(CCC(=O)Nc2ccc(-c3noc(C(F)(F)F)n3)cc2)n[nH]c1=S. The lowest BCUT2D eigenvalue weighted by Crippen LogP contribution is -2.13. The summed E-state index contributed by atoms with van der Waals surface area (Å²) in [7, 11) is 1.75. The predicted molar refractivity (Wildman–Crippen MR) is 90.1 cm³/mol. The number of anilines is 1. The first kappa shape index (κ1) is 18.8. The van der Waals surface area contributed by atoms with Gasteiger partial charge in [-0.25, -0.2) is 0 Å². The summed E-state index contributed by atoms with van der Waals surface area (Å²) in [6.07, 6.45) is -4.11. The molecule has 1 aromatic carbocycles. The highest BCUT2D eigenvalue weighted by molar-refractivity contribution is 7.71. The van der Waals surface area contributed by atoms with E-state index in [0.29, 0.717) is 28.3 Å². The van der Waals surface area contributed by atoms with Crippen LogP contribution in [0.2, 0.25) is 0 Å². The summed E-state index contributed by atoms with van der Waals surface area (Å²) >= 11 is 5.00. The van der Waals surface area contributed by atoms with Crippen LogP contribution in [-0.4, -0.2) is 30.8 Å². The quantitative estimate of drug-likeness (QED) is 0.641. The van der Waals surface area contributed by atoms with E-state index in [-0.39, 0.29) is 18.2 Å². The molecule has 27 heavy (non-hydrogen) atoms. The smallest absolute Gasteiger partial charge is 0.329 e. The average Bonchev–Trinajstić information content (AvgIpc) is 3.22. The van der Waals surface area contributed by atoms with Crippen LogP contribution in [0.15, 0.2) is 28.8 Å². The molecule has 3 aromatic rings. The third-order valence-electron chi connectivity index (χ3n) is 3.64. The number of nitrogens with zero attached hydrogens (tertiary/aromatic N) is 4. The first-order valence-electron chi connectivity index (χ1n) is 7.65. The van der Waals surface area contributed by atoms with Crippen LogP contribution < -0.4 is 5.32 Å². The first-order chi connectivity index (χ1) is 12.7. The number of aromatic nitrogens is 5. The van der Waals surface area contributed by atoms with Crippen LogP contribution in [0.3, 0.4) is 0 Å². The number of amides is 1. The number of H-pyrrole nitrogens is 1. The summed E-state index contributed by atoms with van der Waals surface area (Å²) in [4.78, 5) is 15.3. The Kier molecular flexibility index (Phi) is 5.08. The minimum absolute atomic E-state index is 0.189. The van der Waals surface area contributed by atoms with Crippen molar-refractivity contribution in [2.75, 3.05) is 5.32 Å². The molecule has 0 bridgehead atoms. The van der Waals surface area contributed by atoms with Gasteiger partial charge in [0.05, 0.1) is 0 Å². The molecule has 0 saturated heterocycles. The van der Waals surface area contributed by atoms with E-state index in [1.54, 1.807) is 11.6 Å². The van der Waals surface area contributed by atoms with E-state index in [1.807, 2.05) is 0 Å². The normalized spacial score (nSPS) is 11.6. The predicted octanol–water partition coefficient (Wildman–Crippen LogP) is 3.12. The molecular formula is C15H13F3N6O2S. The molecule has 0 radical (unpaired) electrons. The molecule has 2 N–H and O–H groups in total. The molecule has 1 amide bonds. The molecule has 0 atom stereocenters. The molecule has 3 rings (SSSR count). The van der Waals surface area contributed by atoms with Crippen molar-refractivity contribution in [1.82, 2.24) is 24.9 Å². The van der Waals surface area contributed by atoms with E-state index >= 15 is 0 Å². The number of benzene rings is 1. The van der Waals surface area contributed by atoms with Gasteiger partial charge in [0.2, 0.25) is 11.7 Å². The van der Waals surface area contributed by atoms with Gasteiger partial charge in [-0.15, -0.1) is 0 Å². The third-order valence-corrected chi connectivity index (χ3v) is 4.01. The van der Waals surface area contributed by atoms with Crippen molar-refractivity contribution in [2.45, 2.75) is 19.0 Å². The van der Waals surface area contributed by atoms with Crippen molar-refractivity contribution in [3.63, 3.8) is 0 Å². The van der Waals surface area contributed by atoms with Gasteiger partial charge in [0.1, 0.15) is 5.82 Å². The maximum atomic E-state index is 12.5. The molecule has 142 valence electrons. The van der Waals surface area contributed by atoms with Crippen LogP contribution in [-0.2, 0) is 24.4 Å². The van der Waals surface area contributed by atoms with Crippen LogP contribution in [0, 0.1) is 4.77 Å². The van der Waals surface area contributed by atoms with Crippen molar-refractivity contribution in [3.8, 4) is 11.4 Å². The summed E-state index contributed by atoms with van der Waals surface area (Å²) in [6.45, 7) is 0. The highest BCUT2D eigenvalue weighted by Gasteiger charge is 2.38. The van der Waals surface area contributed by atoms with Gasteiger partial charge in [-0.3, -0.25) is 9.89 Å². The van der Waals surface area contributed by atoms with Gasteiger partial charge in [0, 0.05) is 31.1 Å². The van der Waals surface area contributed by atoms with Crippen molar-refractivity contribution >= 4 is 23.8 Å². The van der Waals surface area contributed by atoms with Crippen molar-refractivity contribution in [2.24, 2.45) is 7.05 Å². The molecule has 2 heterocycles. The van der Waals surface area contributed by atoms with Crippen LogP contribution in [0.1, 0.15) is 18.1 Å². The van der Waals surface area contributed by atoms with Crippen molar-refractivity contribution in [1.29, 1.82) is 0 Å². The summed E-state index contributed by atoms with van der Waals surface area (Å²) < 4.78 is 43.8. The molecule has 0 aliphatic heterocycles. The molecule has 0 spiro atoms. The molecule has 0 aliphatic rings. The van der Waals surface area contributed by atoms with Crippen LogP contribution in [0.25, 0.3) is 11.4 Å². The second-order valence-corrected chi connectivity index (χ2v) is 5.94. The summed E-state index contributed by atoms with van der Waals surface area (Å²) in [5.74, 6) is -1.19. The maximum absolute atomic E-state index is 12.5. The summed E-state index contributed by atoms with van der Waals surface area (Å²) in [5.41, 5.74) is 0.812. The molecule has 2 aromatic heterocycles. The van der Waals surface area contributed by atoms with E-state index in [4.69, 9.17) is 12.2 Å². The number of rotatable bonds is 5. The van der Waals surface area contributed by atoms with Gasteiger partial charge in [-0.1, -0.05) is 5.16 Å². The van der Waals surface area contributed by atoms with Crippen molar-refractivity contribution in [3.05, 3.63) is 40.8 Å². The number of aryl methyl sites for hydroxylation is 1. The molecule has 12 heteroatoms. The lowest BCUT2D eigenvalue weighted by atomic mass is 10.2. The lowest BCUT2D eigenvalue weighted by Gasteiger charge is -2.05. The van der Waals surface area contributed by atoms with Crippen LogP contribution in [0.5, 0.6) is 0 Å². The molecular weight excluding hydrogens is 385 g/mol. The minimum Gasteiger partial charge on any atom is -0.329 e. The van der Waals surface area contributed by atoms with Gasteiger partial charge in [0.15, 0.2) is 4.77 Å². The largest absolute Gasteiger partial charge is 0.471 e. The van der Waals surface area contributed by atoms with Crippen LogP contribution >= 0.6 is 12.2 Å². The fourth-order valence-electron chi connectivity index (χ4n) is 2.21. The highest BCUT2D eigenvalue weighted by atomic mass is 32.1. The second kappa shape index (κ2) is 7.31. The number of halogens is 3. The number of nitrogens with one attached hydrogen (secondary N) is 2. The van der Waals surface area contributed by atoms with E-state index in [9.17, 15) is 18.0 Å². The zero-order valence-corrected chi connectivity index (χ0v) is 14.7. The number of carbonyl (C=O) groups excluding carboxylic acids is 1. The van der Waals surface area contributed by atoms with Gasteiger partial charge < -0.3 is 14.4 Å². The molecule has 0 aliphatic carbocycles. The van der Waals surface area contributed by atoms with E-state index < -0.39 is 12.1 Å². The molecule has 0 saturated carbocycles. The number of hydrogen-bond donors (Lipinski definition) is 2. The third kappa shape index (κ3) is 4.39. The minimum atomic E-state index is -4.70. The monoisotopic (exact) mass is 398 g/mol. The Hall–Kier alpha value is -3.02. The molecule has 8 nitrogen and oxygen atoms in total. The zero-order chi connectivity index (χ0) is 19.6. The number of aromatic amines is 1. The first-order valence-corrected chi connectivity index (χ1v) is 8.06. The standard InChI is InChI=1S/C15H13F3N6O2S/c1-24-10(21-22-14(24)27)6-7-11(25)19-9-4-2-8(3-5-9)12-20-13(26-23-12)15(16,17)18/h2-5H,6-7H2,1H3,(H,19,25)(H,22,27). The van der Waals surface area contributed by atoms with E-state index in [0.717, 1.165) is 0 Å². The van der Waals surface area contributed by atoms with Gasteiger partial charge in [-0.2, -0.15) is 23.3 Å². The van der Waals surface area contributed by atoms with E-state index in [1.165, 1.54) is 24.3 Å². The fourth-order valence-corrected chi connectivity index (χ4v) is 2.36. The lowest BCUT2D eigenvalue weighted by molar-refractivity contribution is -0.159. The van der Waals surface area contributed by atoms with E-state index in [2.05, 4.69) is 30.2 Å². The van der Waals surface area contributed by atoms with Gasteiger partial charge in [-0.05, 0) is 36.5 Å². The van der Waals surface area contributed by atoms with Gasteiger partial charge >= 0.3 is 12.1 Å². The maximum Gasteiger partial charge on any atom is 0.471 e. The fraction of sp³-hybridized carbons (Fsp3) is 0.267. The average molecular weight is 398 g/mol. The Morgan fingerprint density at radius 3 is 2.59 bits per heavy atom. The Balaban J connectivity index is 1.60. The van der Waals surface area contributed by atoms with Gasteiger partial charge in [0.25, 0.3) is 0 Å². The Labute approximate surface area is 155 Å². The zero-order valence-electron chi connectivity index (χ0n) is 13.9. The molecule has 0 fully saturated rings. The highest BCUT2D eigenvalue weighted by Crippen LogP contribution is 2.29. The van der Waals surface area contributed by atoms with Crippen LogP contribution in [0.4, 0.5) is 18.9 Å². The Bertz CT molecular complexity index is 1010. The second-order valence-electron chi connectivity index (χ2n) is 5.55.